The van der Waals surface area contributed by atoms with Crippen LogP contribution in [0.3, 0.4) is 0 Å². The molecule has 0 heterocycles. The highest BCUT2D eigenvalue weighted by atomic mass is 32.3. The number of halogens is 7. The van der Waals surface area contributed by atoms with Gasteiger partial charge >= 0.3 is 29.0 Å². The molecule has 0 saturated heterocycles. The van der Waals surface area contributed by atoms with E-state index in [1.54, 1.807) is 0 Å². The van der Waals surface area contributed by atoms with Gasteiger partial charge in [-0.15, -0.1) is 0 Å². The Hall–Kier alpha value is -0.580. The summed E-state index contributed by atoms with van der Waals surface area (Å²) >= 11 is 0. The zero-order chi connectivity index (χ0) is 11.8. The van der Waals surface area contributed by atoms with Crippen molar-refractivity contribution in [1.29, 1.82) is 0 Å². The average Bonchev–Trinajstić information content (AvgIpc) is 1.80. The molecule has 0 atom stereocenters. The second kappa shape index (κ2) is 3.53. The minimum atomic E-state index is -6.46. The Morgan fingerprint density at radius 2 is 1.43 bits per heavy atom. The summed E-state index contributed by atoms with van der Waals surface area (Å²) in [6, 6.07) is 0. The summed E-state index contributed by atoms with van der Waals surface area (Å²) in [4.78, 5) is 0. The monoisotopic (exact) mass is 250 g/mol. The van der Waals surface area contributed by atoms with Gasteiger partial charge in [-0.05, 0) is 0 Å². The largest absolute Gasteiger partial charge is 0.442 e. The van der Waals surface area contributed by atoms with Gasteiger partial charge in [-0.25, -0.2) is 8.78 Å². The van der Waals surface area contributed by atoms with Crippen LogP contribution in [0.1, 0.15) is 0 Å². The first-order valence-electron chi connectivity index (χ1n) is 2.59. The molecule has 0 aromatic carbocycles. The third-order valence-electron chi connectivity index (χ3n) is 0.866. The lowest BCUT2D eigenvalue weighted by Crippen LogP contribution is -2.48. The van der Waals surface area contributed by atoms with Crippen molar-refractivity contribution in [3.8, 4) is 0 Å². The Morgan fingerprint density at radius 3 is 1.64 bits per heavy atom. The van der Waals surface area contributed by atoms with Crippen LogP contribution in [0, 0.1) is 0 Å². The van der Waals surface area contributed by atoms with Crippen LogP contribution in [0.15, 0.2) is 0 Å². The maximum Gasteiger partial charge on any atom is 0.442 e. The van der Waals surface area contributed by atoms with Crippen LogP contribution < -0.4 is 0 Å². The zero-order valence-electron chi connectivity index (χ0n) is 5.86. The Balaban J connectivity index is 4.96. The zero-order valence-corrected chi connectivity index (χ0v) is 6.67. The van der Waals surface area contributed by atoms with Gasteiger partial charge in [0.05, 0.1) is 0 Å². The fourth-order valence-electron chi connectivity index (χ4n) is 0.308. The van der Waals surface area contributed by atoms with Crippen LogP contribution in [0.5, 0.6) is 0 Å². The van der Waals surface area contributed by atoms with E-state index in [0.29, 0.717) is 0 Å². The summed E-state index contributed by atoms with van der Waals surface area (Å²) in [5.74, 6) is -6.10. The van der Waals surface area contributed by atoms with E-state index in [-0.39, 0.29) is 0 Å². The SMILES string of the molecule is O=S(=O)(F)OC(F)(F)C(F)(F)C(F)F. The summed E-state index contributed by atoms with van der Waals surface area (Å²) in [5.41, 5.74) is 0. The van der Waals surface area contributed by atoms with E-state index in [0.717, 1.165) is 0 Å². The molecule has 0 spiro atoms. The lowest BCUT2D eigenvalue weighted by molar-refractivity contribution is -0.341. The second-order valence-corrected chi connectivity index (χ2v) is 2.87. The quantitative estimate of drug-likeness (QED) is 0.563. The summed E-state index contributed by atoms with van der Waals surface area (Å²) in [7, 11) is -6.46. The van der Waals surface area contributed by atoms with E-state index in [1.165, 1.54) is 0 Å². The second-order valence-electron chi connectivity index (χ2n) is 1.92. The van der Waals surface area contributed by atoms with Crippen molar-refractivity contribution in [2.24, 2.45) is 0 Å². The lowest BCUT2D eigenvalue weighted by atomic mass is 10.3. The standard InChI is InChI=1S/C3HF7O3S/c4-1(5)2(6,7)3(8,9)13-14(10,11)12/h1H. The van der Waals surface area contributed by atoms with Crippen molar-refractivity contribution < 1.29 is 42.8 Å². The lowest BCUT2D eigenvalue weighted by Gasteiger charge is -2.22. The molecule has 0 aromatic heterocycles. The summed E-state index contributed by atoms with van der Waals surface area (Å²) < 4.78 is 102. The number of hydrogen-bond acceptors (Lipinski definition) is 3. The van der Waals surface area contributed by atoms with Gasteiger partial charge in [0.1, 0.15) is 0 Å². The van der Waals surface area contributed by atoms with Crippen LogP contribution >= 0.6 is 0 Å². The predicted molar refractivity (Wildman–Crippen MR) is 27.0 cm³/mol. The molecular weight excluding hydrogens is 249 g/mol. The van der Waals surface area contributed by atoms with Crippen molar-refractivity contribution >= 4 is 10.5 Å². The van der Waals surface area contributed by atoms with E-state index in [2.05, 4.69) is 0 Å². The molecule has 86 valence electrons. The van der Waals surface area contributed by atoms with Crippen LogP contribution in [-0.4, -0.2) is 26.9 Å². The predicted octanol–water partition coefficient (Wildman–Crippen LogP) is 1.71. The molecule has 0 saturated carbocycles. The van der Waals surface area contributed by atoms with Crippen molar-refractivity contribution in [2.45, 2.75) is 18.5 Å². The maximum atomic E-state index is 11.9. The molecular formula is C3HF7O3S. The van der Waals surface area contributed by atoms with E-state index >= 15 is 0 Å². The summed E-state index contributed by atoms with van der Waals surface area (Å²) in [6.07, 6.45) is -11.0. The van der Waals surface area contributed by atoms with E-state index in [1.807, 2.05) is 4.18 Å². The molecule has 0 radical (unpaired) electrons. The first-order chi connectivity index (χ1) is 5.90. The van der Waals surface area contributed by atoms with E-state index in [9.17, 15) is 38.6 Å². The molecule has 14 heavy (non-hydrogen) atoms. The van der Waals surface area contributed by atoms with Gasteiger partial charge in [-0.3, -0.25) is 0 Å². The third kappa shape index (κ3) is 2.97. The summed E-state index contributed by atoms with van der Waals surface area (Å²) in [6.45, 7) is 0. The Morgan fingerprint density at radius 1 is 1.07 bits per heavy atom. The highest BCUT2D eigenvalue weighted by molar-refractivity contribution is 7.81. The van der Waals surface area contributed by atoms with Crippen LogP contribution in [0.4, 0.5) is 30.2 Å². The topological polar surface area (TPSA) is 43.4 Å². The molecule has 0 bridgehead atoms. The third-order valence-corrected chi connectivity index (χ3v) is 1.27. The minimum absolute atomic E-state index is 1.89. The molecule has 0 N–H and O–H groups in total. The molecule has 3 nitrogen and oxygen atoms in total. The average molecular weight is 250 g/mol. The van der Waals surface area contributed by atoms with Crippen molar-refractivity contribution in [3.63, 3.8) is 0 Å². The van der Waals surface area contributed by atoms with Crippen LogP contribution in [-0.2, 0) is 14.7 Å². The molecule has 0 amide bonds. The molecule has 0 fully saturated rings. The number of hydrogen-bond donors (Lipinski definition) is 0. The van der Waals surface area contributed by atoms with E-state index in [4.69, 9.17) is 0 Å². The van der Waals surface area contributed by atoms with Crippen LogP contribution in [0.25, 0.3) is 0 Å². The normalized spacial score (nSPS) is 14.9. The van der Waals surface area contributed by atoms with Gasteiger partial charge < -0.3 is 0 Å². The number of rotatable bonds is 4. The van der Waals surface area contributed by atoms with Crippen LogP contribution in [0.2, 0.25) is 0 Å². The van der Waals surface area contributed by atoms with Gasteiger partial charge in [-0.1, -0.05) is 3.89 Å². The van der Waals surface area contributed by atoms with Gasteiger partial charge in [0.2, 0.25) is 0 Å². The Labute approximate surface area is 72.9 Å². The van der Waals surface area contributed by atoms with Gasteiger partial charge in [0.25, 0.3) is 0 Å². The maximum absolute atomic E-state index is 11.9. The van der Waals surface area contributed by atoms with E-state index < -0.39 is 29.0 Å². The van der Waals surface area contributed by atoms with Gasteiger partial charge in [-0.2, -0.15) is 30.2 Å². The fraction of sp³-hybridized carbons (Fsp3) is 1.00. The smallest absolute Gasteiger partial charge is 0.203 e. The first-order valence-corrected chi connectivity index (χ1v) is 3.90. The van der Waals surface area contributed by atoms with Gasteiger partial charge in [0.15, 0.2) is 0 Å². The highest BCUT2D eigenvalue weighted by Crippen LogP contribution is 2.40. The molecule has 0 aliphatic heterocycles. The number of alkyl halides is 6. The molecule has 11 heteroatoms. The highest BCUT2D eigenvalue weighted by Gasteiger charge is 2.66. The molecule has 0 aliphatic carbocycles. The molecule has 0 aromatic rings. The minimum Gasteiger partial charge on any atom is -0.203 e. The fourth-order valence-corrected chi connectivity index (χ4v) is 0.669. The molecule has 0 unspecified atom stereocenters. The summed E-state index contributed by atoms with van der Waals surface area (Å²) in [5, 5.41) is 0. The molecule has 0 rings (SSSR count). The van der Waals surface area contributed by atoms with Crippen molar-refractivity contribution in [2.75, 3.05) is 0 Å². The van der Waals surface area contributed by atoms with Crippen molar-refractivity contribution in [1.82, 2.24) is 0 Å². The van der Waals surface area contributed by atoms with Crippen molar-refractivity contribution in [3.05, 3.63) is 0 Å². The Kier molecular flexibility index (Phi) is 3.38. The Bertz CT molecular complexity index is 295. The first kappa shape index (κ1) is 13.4. The molecule has 0 aliphatic rings. The van der Waals surface area contributed by atoms with Gasteiger partial charge in [0, 0.05) is 0 Å².